The largest absolute Gasteiger partial charge is 0.468 e. The number of aromatic nitrogens is 2. The van der Waals surface area contributed by atoms with Crippen LogP contribution in [0, 0.1) is 0 Å². The molecule has 1 aliphatic carbocycles. The molecule has 0 spiro atoms. The lowest BCUT2D eigenvalue weighted by atomic mass is 9.92. The van der Waals surface area contributed by atoms with Crippen molar-refractivity contribution in [1.82, 2.24) is 15.1 Å². The van der Waals surface area contributed by atoms with Crippen LogP contribution in [-0.2, 0) is 23.0 Å². The molecule has 1 aliphatic rings. The molecule has 0 amide bonds. The number of methoxy groups -OCH3 is 1. The monoisotopic (exact) mass is 251 g/mol. The summed E-state index contributed by atoms with van der Waals surface area (Å²) in [6.07, 6.45) is 5.89. The molecule has 0 fully saturated rings. The number of hydrogen-bond acceptors (Lipinski definition) is 4. The van der Waals surface area contributed by atoms with Crippen LogP contribution in [0.1, 0.15) is 43.5 Å². The molecule has 2 rings (SSSR count). The van der Waals surface area contributed by atoms with Crippen LogP contribution in [-0.4, -0.2) is 28.9 Å². The molecule has 18 heavy (non-hydrogen) atoms. The van der Waals surface area contributed by atoms with Gasteiger partial charge in [0.1, 0.15) is 6.04 Å². The molecular weight excluding hydrogens is 230 g/mol. The van der Waals surface area contributed by atoms with Crippen molar-refractivity contribution < 1.29 is 9.53 Å². The molecule has 0 saturated heterocycles. The zero-order valence-corrected chi connectivity index (χ0v) is 11.3. The van der Waals surface area contributed by atoms with E-state index in [9.17, 15) is 4.79 Å². The number of carbonyl (C=O) groups is 1. The second-order valence-electron chi connectivity index (χ2n) is 4.77. The van der Waals surface area contributed by atoms with Gasteiger partial charge in [0.2, 0.25) is 0 Å². The van der Waals surface area contributed by atoms with Gasteiger partial charge >= 0.3 is 5.97 Å². The van der Waals surface area contributed by atoms with Gasteiger partial charge in [-0.25, -0.2) is 0 Å². The van der Waals surface area contributed by atoms with Gasteiger partial charge in [-0.05, 0) is 25.7 Å². The van der Waals surface area contributed by atoms with Crippen molar-refractivity contribution in [3.05, 3.63) is 17.5 Å². The SMILES string of the molecule is CCC(NC1CCCc2c1cnn2C)C(=O)OC. The molecule has 5 heteroatoms. The lowest BCUT2D eigenvalue weighted by Gasteiger charge is -2.27. The number of esters is 1. The van der Waals surface area contributed by atoms with Gasteiger partial charge in [-0.2, -0.15) is 5.10 Å². The van der Waals surface area contributed by atoms with E-state index in [1.54, 1.807) is 0 Å². The number of nitrogens with one attached hydrogen (secondary N) is 1. The van der Waals surface area contributed by atoms with E-state index < -0.39 is 0 Å². The first-order chi connectivity index (χ1) is 8.67. The number of fused-ring (bicyclic) bond motifs is 1. The van der Waals surface area contributed by atoms with Gasteiger partial charge in [-0.1, -0.05) is 6.92 Å². The Morgan fingerprint density at radius 3 is 3.17 bits per heavy atom. The Labute approximate surface area is 108 Å². The second-order valence-corrected chi connectivity index (χ2v) is 4.77. The van der Waals surface area contributed by atoms with Gasteiger partial charge in [0.05, 0.1) is 13.3 Å². The smallest absolute Gasteiger partial charge is 0.322 e. The van der Waals surface area contributed by atoms with E-state index in [1.165, 1.54) is 18.4 Å². The molecule has 0 bridgehead atoms. The van der Waals surface area contributed by atoms with E-state index in [0.29, 0.717) is 0 Å². The van der Waals surface area contributed by atoms with Crippen molar-refractivity contribution in [3.63, 3.8) is 0 Å². The predicted octanol–water partition coefficient (Wildman–Crippen LogP) is 1.34. The molecule has 5 nitrogen and oxygen atoms in total. The fourth-order valence-corrected chi connectivity index (χ4v) is 2.62. The average Bonchev–Trinajstić information content (AvgIpc) is 2.78. The van der Waals surface area contributed by atoms with Gasteiger partial charge in [-0.15, -0.1) is 0 Å². The molecule has 0 saturated carbocycles. The molecule has 1 aromatic rings. The lowest BCUT2D eigenvalue weighted by Crippen LogP contribution is -2.40. The third-order valence-electron chi connectivity index (χ3n) is 3.67. The summed E-state index contributed by atoms with van der Waals surface area (Å²) in [5.41, 5.74) is 2.50. The Bertz CT molecular complexity index is 428. The van der Waals surface area contributed by atoms with Crippen molar-refractivity contribution in [3.8, 4) is 0 Å². The molecule has 0 radical (unpaired) electrons. The molecular formula is C13H21N3O2. The van der Waals surface area contributed by atoms with Crippen molar-refractivity contribution in [2.45, 2.75) is 44.7 Å². The van der Waals surface area contributed by atoms with E-state index in [0.717, 1.165) is 25.7 Å². The lowest BCUT2D eigenvalue weighted by molar-refractivity contribution is -0.143. The molecule has 100 valence electrons. The first kappa shape index (κ1) is 13.1. The average molecular weight is 251 g/mol. The highest BCUT2D eigenvalue weighted by molar-refractivity contribution is 5.75. The number of hydrogen-bond donors (Lipinski definition) is 1. The Morgan fingerprint density at radius 2 is 2.50 bits per heavy atom. The van der Waals surface area contributed by atoms with Gasteiger partial charge < -0.3 is 4.74 Å². The molecule has 0 aliphatic heterocycles. The van der Waals surface area contributed by atoms with Crippen LogP contribution in [0.25, 0.3) is 0 Å². The number of nitrogens with zero attached hydrogens (tertiary/aromatic N) is 2. The first-order valence-corrected chi connectivity index (χ1v) is 6.52. The second kappa shape index (κ2) is 5.52. The summed E-state index contributed by atoms with van der Waals surface area (Å²) in [7, 11) is 3.40. The molecule has 2 atom stereocenters. The van der Waals surface area contributed by atoms with E-state index in [2.05, 4.69) is 10.4 Å². The maximum Gasteiger partial charge on any atom is 0.322 e. The van der Waals surface area contributed by atoms with Crippen LogP contribution in [0.15, 0.2) is 6.20 Å². The fraction of sp³-hybridized carbons (Fsp3) is 0.692. The fourth-order valence-electron chi connectivity index (χ4n) is 2.62. The number of ether oxygens (including phenoxy) is 1. The third kappa shape index (κ3) is 2.41. The minimum absolute atomic E-state index is 0.187. The van der Waals surface area contributed by atoms with Crippen molar-refractivity contribution in [1.29, 1.82) is 0 Å². The Hall–Kier alpha value is -1.36. The highest BCUT2D eigenvalue weighted by Gasteiger charge is 2.27. The minimum atomic E-state index is -0.230. The van der Waals surface area contributed by atoms with Crippen molar-refractivity contribution in [2.24, 2.45) is 7.05 Å². The van der Waals surface area contributed by atoms with Crippen LogP contribution in [0.3, 0.4) is 0 Å². The minimum Gasteiger partial charge on any atom is -0.468 e. The Balaban J connectivity index is 2.13. The van der Waals surface area contributed by atoms with Crippen LogP contribution in [0.5, 0.6) is 0 Å². The topological polar surface area (TPSA) is 56.2 Å². The summed E-state index contributed by atoms with van der Waals surface area (Å²) in [6.45, 7) is 1.99. The quantitative estimate of drug-likeness (QED) is 0.820. The van der Waals surface area contributed by atoms with Crippen molar-refractivity contribution in [2.75, 3.05) is 7.11 Å². The van der Waals surface area contributed by atoms with E-state index >= 15 is 0 Å². The molecule has 1 aromatic heterocycles. The maximum atomic E-state index is 11.6. The third-order valence-corrected chi connectivity index (χ3v) is 3.67. The number of aryl methyl sites for hydroxylation is 1. The first-order valence-electron chi connectivity index (χ1n) is 6.52. The highest BCUT2D eigenvalue weighted by Crippen LogP contribution is 2.29. The predicted molar refractivity (Wildman–Crippen MR) is 68.1 cm³/mol. The van der Waals surface area contributed by atoms with Gasteiger partial charge in [-0.3, -0.25) is 14.8 Å². The maximum absolute atomic E-state index is 11.6. The summed E-state index contributed by atoms with van der Waals surface area (Å²) < 4.78 is 6.75. The van der Waals surface area contributed by atoms with E-state index in [4.69, 9.17) is 4.74 Å². The Kier molecular flexibility index (Phi) is 4.01. The zero-order chi connectivity index (χ0) is 13.1. The van der Waals surface area contributed by atoms with E-state index in [-0.39, 0.29) is 18.1 Å². The van der Waals surface area contributed by atoms with Gasteiger partial charge in [0, 0.05) is 24.3 Å². The number of rotatable bonds is 4. The summed E-state index contributed by atoms with van der Waals surface area (Å²) >= 11 is 0. The summed E-state index contributed by atoms with van der Waals surface area (Å²) in [5.74, 6) is -0.187. The molecule has 2 unspecified atom stereocenters. The van der Waals surface area contributed by atoms with Gasteiger partial charge in [0.25, 0.3) is 0 Å². The normalized spacial score (nSPS) is 20.3. The molecule has 1 N–H and O–H groups in total. The van der Waals surface area contributed by atoms with Crippen LogP contribution >= 0.6 is 0 Å². The van der Waals surface area contributed by atoms with Crippen LogP contribution in [0.4, 0.5) is 0 Å². The summed E-state index contributed by atoms with van der Waals surface area (Å²) in [5, 5.41) is 7.71. The number of carbonyl (C=O) groups excluding carboxylic acids is 1. The summed E-state index contributed by atoms with van der Waals surface area (Å²) in [6, 6.07) is -0.0161. The Morgan fingerprint density at radius 1 is 1.72 bits per heavy atom. The van der Waals surface area contributed by atoms with Crippen LogP contribution in [0.2, 0.25) is 0 Å². The zero-order valence-electron chi connectivity index (χ0n) is 11.3. The van der Waals surface area contributed by atoms with Crippen LogP contribution < -0.4 is 5.32 Å². The van der Waals surface area contributed by atoms with E-state index in [1.807, 2.05) is 24.9 Å². The van der Waals surface area contributed by atoms with Gasteiger partial charge in [0.15, 0.2) is 0 Å². The summed E-state index contributed by atoms with van der Waals surface area (Å²) in [4.78, 5) is 11.6. The van der Waals surface area contributed by atoms with Crippen molar-refractivity contribution >= 4 is 5.97 Å². The molecule has 1 heterocycles. The highest BCUT2D eigenvalue weighted by atomic mass is 16.5. The molecule has 0 aromatic carbocycles. The standard InChI is InChI=1S/C13H21N3O2/c1-4-10(13(17)18-3)15-11-6-5-7-12-9(11)8-14-16(12)2/h8,10-11,15H,4-7H2,1-3H3.